The summed E-state index contributed by atoms with van der Waals surface area (Å²) in [6.45, 7) is 3.56. The molecule has 3 aromatic carbocycles. The van der Waals surface area contributed by atoms with Crippen molar-refractivity contribution in [2.45, 2.75) is 20.3 Å². The maximum absolute atomic E-state index is 14.9. The number of halogens is 3. The number of carboxylic acids is 1. The summed E-state index contributed by atoms with van der Waals surface area (Å²) in [7, 11) is 0. The number of benzene rings is 3. The SMILES string of the molecule is CC/C=C(/C=C(/C(=O)O)c1cc(F)ccc1C)c1ccc(-c2ccccc2F)c(F)c1. The molecule has 0 aromatic heterocycles. The van der Waals surface area contributed by atoms with Crippen LogP contribution < -0.4 is 0 Å². The molecule has 3 rings (SSSR count). The van der Waals surface area contributed by atoms with E-state index in [1.54, 1.807) is 25.1 Å². The average molecular weight is 422 g/mol. The molecule has 2 nitrogen and oxygen atoms in total. The van der Waals surface area contributed by atoms with E-state index in [0.29, 0.717) is 23.1 Å². The van der Waals surface area contributed by atoms with Crippen LogP contribution >= 0.6 is 0 Å². The third-order valence-corrected chi connectivity index (χ3v) is 4.91. The van der Waals surface area contributed by atoms with Crippen molar-refractivity contribution in [2.75, 3.05) is 0 Å². The van der Waals surface area contributed by atoms with Crippen molar-refractivity contribution in [3.05, 3.63) is 107 Å². The van der Waals surface area contributed by atoms with E-state index >= 15 is 0 Å². The van der Waals surface area contributed by atoms with Gasteiger partial charge in [-0.3, -0.25) is 0 Å². The first-order valence-electron chi connectivity index (χ1n) is 9.78. The van der Waals surface area contributed by atoms with Gasteiger partial charge in [0.25, 0.3) is 0 Å². The third-order valence-electron chi connectivity index (χ3n) is 4.91. The lowest BCUT2D eigenvalue weighted by Gasteiger charge is -2.11. The van der Waals surface area contributed by atoms with Crippen LogP contribution in [0.25, 0.3) is 22.3 Å². The molecule has 5 heteroatoms. The molecule has 1 N–H and O–H groups in total. The van der Waals surface area contributed by atoms with E-state index < -0.39 is 23.4 Å². The Bertz CT molecular complexity index is 1190. The molecule has 158 valence electrons. The van der Waals surface area contributed by atoms with Crippen molar-refractivity contribution < 1.29 is 23.1 Å². The van der Waals surface area contributed by atoms with E-state index in [9.17, 15) is 23.1 Å². The standard InChI is InChI=1S/C26H21F3O2/c1-3-6-17(13-23(26(30)31)22-15-19(27)11-9-16(22)2)18-10-12-21(25(29)14-18)20-7-4-5-8-24(20)28/h4-15H,3H2,1-2H3,(H,30,31)/b17-6-,23-13+. The summed E-state index contributed by atoms with van der Waals surface area (Å²) in [5.74, 6) is -2.93. The smallest absolute Gasteiger partial charge is 0.336 e. The van der Waals surface area contributed by atoms with E-state index in [-0.39, 0.29) is 22.3 Å². The topological polar surface area (TPSA) is 37.3 Å². The first-order valence-corrected chi connectivity index (χ1v) is 9.78. The van der Waals surface area contributed by atoms with Crippen LogP contribution in [0.1, 0.15) is 30.0 Å². The van der Waals surface area contributed by atoms with E-state index in [4.69, 9.17) is 0 Å². The largest absolute Gasteiger partial charge is 0.478 e. The highest BCUT2D eigenvalue weighted by Gasteiger charge is 2.16. The second-order valence-corrected chi connectivity index (χ2v) is 7.06. The van der Waals surface area contributed by atoms with Crippen molar-refractivity contribution in [3.63, 3.8) is 0 Å². The summed E-state index contributed by atoms with van der Waals surface area (Å²) in [6, 6.07) is 14.2. The van der Waals surface area contributed by atoms with Gasteiger partial charge in [-0.25, -0.2) is 18.0 Å². The molecule has 0 heterocycles. The molecule has 0 saturated carbocycles. The van der Waals surface area contributed by atoms with Gasteiger partial charge >= 0.3 is 5.97 Å². The quantitative estimate of drug-likeness (QED) is 0.342. The predicted octanol–water partition coefficient (Wildman–Crippen LogP) is 7.04. The lowest BCUT2D eigenvalue weighted by Crippen LogP contribution is -2.03. The van der Waals surface area contributed by atoms with Crippen molar-refractivity contribution in [1.29, 1.82) is 0 Å². The van der Waals surface area contributed by atoms with Gasteiger partial charge in [0.15, 0.2) is 0 Å². The number of hydrogen-bond acceptors (Lipinski definition) is 1. The molecule has 0 radical (unpaired) electrons. The molecule has 0 aliphatic carbocycles. The highest BCUT2D eigenvalue weighted by atomic mass is 19.1. The summed E-state index contributed by atoms with van der Waals surface area (Å²) in [5.41, 5.74) is 1.92. The first kappa shape index (κ1) is 22.1. The fraction of sp³-hybridized carbons (Fsp3) is 0.115. The number of aliphatic carboxylic acids is 1. The molecular formula is C26H21F3O2. The Balaban J connectivity index is 2.11. The Morgan fingerprint density at radius 2 is 1.65 bits per heavy atom. The van der Waals surface area contributed by atoms with Crippen LogP contribution in [0.4, 0.5) is 13.2 Å². The zero-order chi connectivity index (χ0) is 22.5. The number of aryl methyl sites for hydroxylation is 1. The number of carbonyl (C=O) groups is 1. The van der Waals surface area contributed by atoms with Crippen LogP contribution in [0.15, 0.2) is 72.8 Å². The van der Waals surface area contributed by atoms with Gasteiger partial charge in [-0.15, -0.1) is 0 Å². The zero-order valence-corrected chi connectivity index (χ0v) is 17.1. The van der Waals surface area contributed by atoms with E-state index in [0.717, 1.165) is 0 Å². The van der Waals surface area contributed by atoms with Crippen LogP contribution in [0.3, 0.4) is 0 Å². The fourth-order valence-electron chi connectivity index (χ4n) is 3.37. The van der Waals surface area contributed by atoms with Crippen LogP contribution in [0.2, 0.25) is 0 Å². The lowest BCUT2D eigenvalue weighted by molar-refractivity contribution is -0.130. The summed E-state index contributed by atoms with van der Waals surface area (Å²) >= 11 is 0. The fourth-order valence-corrected chi connectivity index (χ4v) is 3.37. The number of hydrogen-bond donors (Lipinski definition) is 1. The molecule has 0 aliphatic heterocycles. The molecule has 0 aliphatic rings. The average Bonchev–Trinajstić information content (AvgIpc) is 2.73. The maximum atomic E-state index is 14.9. The maximum Gasteiger partial charge on any atom is 0.336 e. The lowest BCUT2D eigenvalue weighted by atomic mass is 9.94. The Hall–Kier alpha value is -3.60. The van der Waals surface area contributed by atoms with Crippen molar-refractivity contribution in [1.82, 2.24) is 0 Å². The van der Waals surface area contributed by atoms with E-state index in [2.05, 4.69) is 0 Å². The molecule has 0 atom stereocenters. The van der Waals surface area contributed by atoms with Crippen LogP contribution in [-0.4, -0.2) is 11.1 Å². The molecule has 0 unspecified atom stereocenters. The highest BCUT2D eigenvalue weighted by Crippen LogP contribution is 2.30. The molecule has 0 fully saturated rings. The van der Waals surface area contributed by atoms with E-state index in [1.807, 2.05) is 6.92 Å². The minimum absolute atomic E-state index is 0.102. The van der Waals surface area contributed by atoms with Gasteiger partial charge in [0, 0.05) is 11.1 Å². The van der Waals surface area contributed by atoms with Gasteiger partial charge in [0.1, 0.15) is 17.5 Å². The number of rotatable bonds is 6. The Morgan fingerprint density at radius 1 is 0.935 bits per heavy atom. The van der Waals surface area contributed by atoms with Crippen LogP contribution in [-0.2, 0) is 4.79 Å². The molecule has 0 spiro atoms. The number of allylic oxidation sites excluding steroid dienone is 3. The Kier molecular flexibility index (Phi) is 6.75. The highest BCUT2D eigenvalue weighted by molar-refractivity contribution is 6.18. The molecular weight excluding hydrogens is 401 g/mol. The Labute approximate surface area is 179 Å². The second kappa shape index (κ2) is 9.47. The molecule has 0 bridgehead atoms. The molecule has 0 saturated heterocycles. The normalized spacial score (nSPS) is 12.2. The molecule has 31 heavy (non-hydrogen) atoms. The van der Waals surface area contributed by atoms with Crippen LogP contribution in [0, 0.1) is 24.4 Å². The summed E-state index contributed by atoms with van der Waals surface area (Å²) in [6.07, 6.45) is 3.73. The summed E-state index contributed by atoms with van der Waals surface area (Å²) < 4.78 is 42.7. The predicted molar refractivity (Wildman–Crippen MR) is 117 cm³/mol. The Morgan fingerprint density at radius 3 is 2.29 bits per heavy atom. The zero-order valence-electron chi connectivity index (χ0n) is 17.1. The number of carboxylic acid groups (broad SMARTS) is 1. The molecule has 0 amide bonds. The molecule has 3 aromatic rings. The minimum Gasteiger partial charge on any atom is -0.478 e. The monoisotopic (exact) mass is 422 g/mol. The van der Waals surface area contributed by atoms with Crippen LogP contribution in [0.5, 0.6) is 0 Å². The van der Waals surface area contributed by atoms with Gasteiger partial charge in [-0.05, 0) is 65.9 Å². The van der Waals surface area contributed by atoms with E-state index in [1.165, 1.54) is 54.6 Å². The van der Waals surface area contributed by atoms with Crippen molar-refractivity contribution in [3.8, 4) is 11.1 Å². The van der Waals surface area contributed by atoms with Gasteiger partial charge in [0.05, 0.1) is 5.57 Å². The first-order chi connectivity index (χ1) is 14.8. The minimum atomic E-state index is -1.22. The summed E-state index contributed by atoms with van der Waals surface area (Å²) in [5, 5.41) is 9.75. The van der Waals surface area contributed by atoms with Gasteiger partial charge in [-0.1, -0.05) is 49.4 Å². The summed E-state index contributed by atoms with van der Waals surface area (Å²) in [4.78, 5) is 11.9. The van der Waals surface area contributed by atoms with Gasteiger partial charge < -0.3 is 5.11 Å². The van der Waals surface area contributed by atoms with Gasteiger partial charge in [-0.2, -0.15) is 0 Å². The van der Waals surface area contributed by atoms with Crippen molar-refractivity contribution in [2.24, 2.45) is 0 Å². The van der Waals surface area contributed by atoms with Gasteiger partial charge in [0.2, 0.25) is 0 Å². The van der Waals surface area contributed by atoms with Crippen molar-refractivity contribution >= 4 is 17.1 Å². The second-order valence-electron chi connectivity index (χ2n) is 7.06. The third kappa shape index (κ3) is 4.94.